The maximum absolute atomic E-state index is 5.35. The number of rotatable bonds is 3. The van der Waals surface area contributed by atoms with Gasteiger partial charge in [0.1, 0.15) is 5.76 Å². The van der Waals surface area contributed by atoms with E-state index >= 15 is 0 Å². The zero-order valence-corrected chi connectivity index (χ0v) is 8.57. The number of furan rings is 1. The van der Waals surface area contributed by atoms with E-state index in [1.807, 2.05) is 12.1 Å². The Bertz CT molecular complexity index is 289. The summed E-state index contributed by atoms with van der Waals surface area (Å²) < 4.78 is 5.35. The van der Waals surface area contributed by atoms with E-state index < -0.39 is 0 Å². The van der Waals surface area contributed by atoms with Crippen LogP contribution in [0.2, 0.25) is 0 Å². The highest BCUT2D eigenvalue weighted by molar-refractivity contribution is 5.06. The van der Waals surface area contributed by atoms with Gasteiger partial charge in [-0.05, 0) is 38.3 Å². The predicted octanol–water partition coefficient (Wildman–Crippen LogP) is 3.04. The summed E-state index contributed by atoms with van der Waals surface area (Å²) in [4.78, 5) is 0. The van der Waals surface area contributed by atoms with Gasteiger partial charge in [-0.25, -0.2) is 0 Å². The molecule has 0 aromatic carbocycles. The average Bonchev–Trinajstić information content (AvgIpc) is 2.72. The third-order valence-electron chi connectivity index (χ3n) is 2.69. The van der Waals surface area contributed by atoms with E-state index in [0.29, 0.717) is 12.1 Å². The molecule has 1 aliphatic rings. The Balaban J connectivity index is 1.91. The van der Waals surface area contributed by atoms with Crippen molar-refractivity contribution in [2.24, 2.45) is 0 Å². The fourth-order valence-corrected chi connectivity index (χ4v) is 1.89. The molecule has 0 saturated carbocycles. The molecule has 0 bridgehead atoms. The van der Waals surface area contributed by atoms with Crippen LogP contribution in [0.5, 0.6) is 0 Å². The van der Waals surface area contributed by atoms with Gasteiger partial charge in [0.05, 0.1) is 12.3 Å². The number of allylic oxidation sites excluding steroid dienone is 1. The molecule has 0 spiro atoms. The van der Waals surface area contributed by atoms with Gasteiger partial charge in [-0.15, -0.1) is 0 Å². The summed E-state index contributed by atoms with van der Waals surface area (Å²) in [6.45, 7) is 2.14. The molecule has 1 unspecified atom stereocenters. The van der Waals surface area contributed by atoms with Crippen LogP contribution in [0.4, 0.5) is 0 Å². The summed E-state index contributed by atoms with van der Waals surface area (Å²) in [7, 11) is 0. The fourth-order valence-electron chi connectivity index (χ4n) is 1.89. The van der Waals surface area contributed by atoms with Gasteiger partial charge >= 0.3 is 0 Å². The number of hydrogen-bond donors (Lipinski definition) is 1. The lowest BCUT2D eigenvalue weighted by molar-refractivity contribution is 0.396. The topological polar surface area (TPSA) is 25.2 Å². The third-order valence-corrected chi connectivity index (χ3v) is 2.69. The standard InChI is InChI=1S/C12H17NO/c1-10(12-8-5-9-14-12)13-11-6-3-2-4-7-11/h3,5-6,8-11,13H,2,4,7H2,1H3/t10-,11?/m1/s1. The molecule has 0 aliphatic heterocycles. The first-order chi connectivity index (χ1) is 6.86. The van der Waals surface area contributed by atoms with Crippen LogP contribution in [-0.2, 0) is 0 Å². The first kappa shape index (κ1) is 9.53. The summed E-state index contributed by atoms with van der Waals surface area (Å²) >= 11 is 0. The van der Waals surface area contributed by atoms with Gasteiger partial charge in [0.2, 0.25) is 0 Å². The minimum atomic E-state index is 0.303. The van der Waals surface area contributed by atoms with Crippen molar-refractivity contribution in [1.29, 1.82) is 0 Å². The van der Waals surface area contributed by atoms with Gasteiger partial charge in [-0.1, -0.05) is 12.2 Å². The normalized spacial score (nSPS) is 23.6. The molecule has 1 aromatic rings. The Hall–Kier alpha value is -1.02. The van der Waals surface area contributed by atoms with Gasteiger partial charge in [0.15, 0.2) is 0 Å². The van der Waals surface area contributed by atoms with Crippen molar-refractivity contribution in [3.8, 4) is 0 Å². The van der Waals surface area contributed by atoms with Crippen molar-refractivity contribution in [2.45, 2.75) is 38.3 Å². The molecule has 0 amide bonds. The lowest BCUT2D eigenvalue weighted by Crippen LogP contribution is -2.30. The van der Waals surface area contributed by atoms with Crippen molar-refractivity contribution in [3.63, 3.8) is 0 Å². The molecule has 2 nitrogen and oxygen atoms in total. The minimum absolute atomic E-state index is 0.303. The van der Waals surface area contributed by atoms with E-state index in [4.69, 9.17) is 4.42 Å². The molecule has 2 heteroatoms. The summed E-state index contributed by atoms with van der Waals surface area (Å²) in [5.41, 5.74) is 0. The van der Waals surface area contributed by atoms with Crippen LogP contribution >= 0.6 is 0 Å². The molecule has 0 fully saturated rings. The van der Waals surface area contributed by atoms with Crippen LogP contribution in [0.3, 0.4) is 0 Å². The molecule has 2 atom stereocenters. The van der Waals surface area contributed by atoms with Crippen LogP contribution in [0.25, 0.3) is 0 Å². The molecule has 14 heavy (non-hydrogen) atoms. The lowest BCUT2D eigenvalue weighted by Gasteiger charge is -2.21. The van der Waals surface area contributed by atoms with Crippen LogP contribution in [0.15, 0.2) is 35.0 Å². The summed E-state index contributed by atoms with van der Waals surface area (Å²) in [5.74, 6) is 1.02. The molecule has 1 heterocycles. The Morgan fingerprint density at radius 2 is 2.50 bits per heavy atom. The molecule has 0 saturated heterocycles. The number of hydrogen-bond acceptors (Lipinski definition) is 2. The van der Waals surface area contributed by atoms with Gasteiger partial charge in [-0.3, -0.25) is 0 Å². The Labute approximate surface area is 85.0 Å². The van der Waals surface area contributed by atoms with Crippen LogP contribution in [0.1, 0.15) is 38.0 Å². The largest absolute Gasteiger partial charge is 0.468 e. The van der Waals surface area contributed by atoms with Crippen molar-refractivity contribution in [1.82, 2.24) is 5.32 Å². The zero-order valence-electron chi connectivity index (χ0n) is 8.57. The van der Waals surface area contributed by atoms with Crippen LogP contribution in [0, 0.1) is 0 Å². The van der Waals surface area contributed by atoms with Crippen molar-refractivity contribution in [2.75, 3.05) is 0 Å². The van der Waals surface area contributed by atoms with Gasteiger partial charge in [0.25, 0.3) is 0 Å². The molecule has 1 aliphatic carbocycles. The fraction of sp³-hybridized carbons (Fsp3) is 0.500. The zero-order chi connectivity index (χ0) is 9.80. The van der Waals surface area contributed by atoms with E-state index in [1.165, 1.54) is 19.3 Å². The van der Waals surface area contributed by atoms with Crippen LogP contribution < -0.4 is 5.32 Å². The van der Waals surface area contributed by atoms with E-state index in [9.17, 15) is 0 Å². The monoisotopic (exact) mass is 191 g/mol. The van der Waals surface area contributed by atoms with Gasteiger partial charge in [0, 0.05) is 6.04 Å². The summed E-state index contributed by atoms with van der Waals surface area (Å²) in [6, 6.07) is 4.77. The maximum atomic E-state index is 5.35. The Kier molecular flexibility index (Phi) is 3.04. The first-order valence-electron chi connectivity index (χ1n) is 5.32. The molecule has 0 radical (unpaired) electrons. The smallest absolute Gasteiger partial charge is 0.120 e. The summed E-state index contributed by atoms with van der Waals surface area (Å²) in [6.07, 6.45) is 10.0. The average molecular weight is 191 g/mol. The molecule has 76 valence electrons. The highest BCUT2D eigenvalue weighted by Gasteiger charge is 2.13. The van der Waals surface area contributed by atoms with Crippen molar-refractivity contribution < 1.29 is 4.42 Å². The second-order valence-electron chi connectivity index (χ2n) is 3.87. The predicted molar refractivity (Wildman–Crippen MR) is 57.0 cm³/mol. The molecule has 2 rings (SSSR count). The van der Waals surface area contributed by atoms with E-state index in [0.717, 1.165) is 5.76 Å². The summed E-state index contributed by atoms with van der Waals surface area (Å²) in [5, 5.41) is 3.54. The van der Waals surface area contributed by atoms with E-state index in [2.05, 4.69) is 24.4 Å². The van der Waals surface area contributed by atoms with Crippen molar-refractivity contribution >= 4 is 0 Å². The molecular formula is C12H17NO. The quantitative estimate of drug-likeness (QED) is 0.743. The third kappa shape index (κ3) is 2.26. The second kappa shape index (κ2) is 4.47. The van der Waals surface area contributed by atoms with E-state index in [1.54, 1.807) is 6.26 Å². The van der Waals surface area contributed by atoms with E-state index in [-0.39, 0.29) is 0 Å². The number of nitrogens with one attached hydrogen (secondary N) is 1. The first-order valence-corrected chi connectivity index (χ1v) is 5.32. The molecule has 1 N–H and O–H groups in total. The second-order valence-corrected chi connectivity index (χ2v) is 3.87. The lowest BCUT2D eigenvalue weighted by atomic mass is 10.0. The highest BCUT2D eigenvalue weighted by Crippen LogP contribution is 2.17. The Morgan fingerprint density at radius 1 is 1.57 bits per heavy atom. The highest BCUT2D eigenvalue weighted by atomic mass is 16.3. The minimum Gasteiger partial charge on any atom is -0.468 e. The maximum Gasteiger partial charge on any atom is 0.120 e. The molecular weight excluding hydrogens is 174 g/mol. The van der Waals surface area contributed by atoms with Crippen molar-refractivity contribution in [3.05, 3.63) is 36.3 Å². The Morgan fingerprint density at radius 3 is 3.14 bits per heavy atom. The molecule has 1 aromatic heterocycles. The van der Waals surface area contributed by atoms with Gasteiger partial charge < -0.3 is 9.73 Å². The van der Waals surface area contributed by atoms with Gasteiger partial charge in [-0.2, -0.15) is 0 Å². The van der Waals surface area contributed by atoms with Crippen LogP contribution in [-0.4, -0.2) is 6.04 Å². The SMILES string of the molecule is C[C@@H](NC1C=CCCC1)c1ccco1.